The minimum atomic E-state index is -0.316. The van der Waals surface area contributed by atoms with E-state index in [0.29, 0.717) is 24.0 Å². The van der Waals surface area contributed by atoms with Crippen LogP contribution in [0.15, 0.2) is 65.7 Å². The molecule has 1 N–H and O–H groups in total. The fourth-order valence-corrected chi connectivity index (χ4v) is 3.98. The van der Waals surface area contributed by atoms with Crippen LogP contribution in [0.1, 0.15) is 49.6 Å². The summed E-state index contributed by atoms with van der Waals surface area (Å²) in [5, 5.41) is 3.20. The monoisotopic (exact) mass is 475 g/mol. The van der Waals surface area contributed by atoms with Crippen LogP contribution in [0.3, 0.4) is 0 Å². The standard InChI is InChI=1S/C27H30FN5O2/c1-5-6-13-29-27-31-23(26(34)33(27)19(3)21-8-10-22(28)11-9-21)14-20-7-12-24(25(15-20)35-4)32-16-18(2)30-17-32/h7-12,14-17,19H,5-6,13H2,1-4H3,(H,29,31)/b23-14-/t19-/m0/s1. The van der Waals surface area contributed by atoms with E-state index in [4.69, 9.17) is 4.74 Å². The molecule has 3 aromatic rings. The molecule has 8 heteroatoms. The Balaban J connectivity index is 1.66. The Morgan fingerprint density at radius 1 is 1.23 bits per heavy atom. The van der Waals surface area contributed by atoms with Crippen LogP contribution >= 0.6 is 0 Å². The third-order valence-electron chi connectivity index (χ3n) is 5.94. The van der Waals surface area contributed by atoms with Gasteiger partial charge in [0, 0.05) is 12.7 Å². The van der Waals surface area contributed by atoms with E-state index in [2.05, 4.69) is 22.2 Å². The zero-order chi connectivity index (χ0) is 24.9. The molecule has 0 bridgehead atoms. The fraction of sp³-hybridized carbons (Fsp3) is 0.296. The van der Waals surface area contributed by atoms with Crippen molar-refractivity contribution in [2.75, 3.05) is 13.7 Å². The average molecular weight is 476 g/mol. The number of hydrogen-bond acceptors (Lipinski definition) is 4. The average Bonchev–Trinajstić information content (AvgIpc) is 3.42. The number of carbonyl (C=O) groups excluding carboxylic acids is 1. The first-order chi connectivity index (χ1) is 16.9. The van der Waals surface area contributed by atoms with Gasteiger partial charge < -0.3 is 14.6 Å². The minimum absolute atomic E-state index is 0.189. The Bertz CT molecular complexity index is 1260. The van der Waals surface area contributed by atoms with Crippen molar-refractivity contribution in [3.05, 3.63) is 83.3 Å². The van der Waals surface area contributed by atoms with E-state index in [0.717, 1.165) is 35.3 Å². The van der Waals surface area contributed by atoms with Crippen LogP contribution in [0.5, 0.6) is 5.75 Å². The van der Waals surface area contributed by atoms with Gasteiger partial charge in [-0.2, -0.15) is 0 Å². The number of unbranched alkanes of at least 4 members (excludes halogenated alkanes) is 1. The van der Waals surface area contributed by atoms with E-state index in [1.807, 2.05) is 42.8 Å². The predicted octanol–water partition coefficient (Wildman–Crippen LogP) is 5.02. The van der Waals surface area contributed by atoms with Crippen molar-refractivity contribution in [1.82, 2.24) is 19.8 Å². The summed E-state index contributed by atoms with van der Waals surface area (Å²) in [6.07, 6.45) is 7.38. The number of aryl methyl sites for hydroxylation is 1. The molecule has 1 fully saturated rings. The van der Waals surface area contributed by atoms with Crippen molar-refractivity contribution >= 4 is 17.9 Å². The first-order valence-electron chi connectivity index (χ1n) is 11.7. The summed E-state index contributed by atoms with van der Waals surface area (Å²) in [6, 6.07) is 11.6. The molecular weight excluding hydrogens is 445 g/mol. The zero-order valence-electron chi connectivity index (χ0n) is 20.5. The van der Waals surface area contributed by atoms with Crippen LogP contribution in [0.25, 0.3) is 11.8 Å². The van der Waals surface area contributed by atoms with Gasteiger partial charge in [0.2, 0.25) is 5.96 Å². The Hall–Kier alpha value is -3.94. The maximum absolute atomic E-state index is 13.5. The lowest BCUT2D eigenvalue weighted by molar-refractivity contribution is -0.123. The molecule has 0 aliphatic carbocycles. The maximum Gasteiger partial charge on any atom is 0.277 e. The molecule has 0 spiro atoms. The molecule has 0 saturated carbocycles. The largest absolute Gasteiger partial charge is 0.495 e. The first kappa shape index (κ1) is 24.2. The van der Waals surface area contributed by atoms with Gasteiger partial charge in [-0.25, -0.2) is 9.37 Å². The first-order valence-corrected chi connectivity index (χ1v) is 11.7. The van der Waals surface area contributed by atoms with Gasteiger partial charge in [-0.15, -0.1) is 0 Å². The van der Waals surface area contributed by atoms with Gasteiger partial charge >= 0.3 is 0 Å². The highest BCUT2D eigenvalue weighted by atomic mass is 19.1. The quantitative estimate of drug-likeness (QED) is 0.367. The highest BCUT2D eigenvalue weighted by Crippen LogP contribution is 2.29. The van der Waals surface area contributed by atoms with Crippen LogP contribution < -0.4 is 10.1 Å². The smallest absolute Gasteiger partial charge is 0.277 e. The van der Waals surface area contributed by atoms with Crippen LogP contribution in [0, 0.1) is 12.7 Å². The summed E-state index contributed by atoms with van der Waals surface area (Å²) < 4.78 is 21.0. The van der Waals surface area contributed by atoms with Crippen LogP contribution in [-0.4, -0.2) is 40.0 Å². The SMILES string of the molecule is CCCC/N=C1\N/C(=C\c2ccc(-n3cnc(C)c3)c(OC)c2)C(=O)N1[C@@H](C)c1ccc(F)cc1. The molecule has 1 aromatic heterocycles. The number of hydrogen-bond donors (Lipinski definition) is 1. The summed E-state index contributed by atoms with van der Waals surface area (Å²) in [7, 11) is 1.61. The van der Waals surface area contributed by atoms with Gasteiger partial charge in [0.25, 0.3) is 5.91 Å². The number of ether oxygens (including phenoxy) is 1. The molecule has 1 aliphatic rings. The number of aliphatic imine (C=N–C) groups is 1. The molecule has 35 heavy (non-hydrogen) atoms. The molecule has 1 amide bonds. The normalized spacial score (nSPS) is 16.7. The number of methoxy groups -OCH3 is 1. The van der Waals surface area contributed by atoms with Crippen molar-refractivity contribution in [2.45, 2.75) is 39.7 Å². The van der Waals surface area contributed by atoms with E-state index in [9.17, 15) is 9.18 Å². The van der Waals surface area contributed by atoms with Gasteiger partial charge in [0.15, 0.2) is 0 Å². The molecular formula is C27H30FN5O2. The Kier molecular flexibility index (Phi) is 7.29. The van der Waals surface area contributed by atoms with E-state index in [-0.39, 0.29) is 17.8 Å². The molecule has 7 nitrogen and oxygen atoms in total. The van der Waals surface area contributed by atoms with Gasteiger partial charge in [-0.3, -0.25) is 14.7 Å². The lowest BCUT2D eigenvalue weighted by Crippen LogP contribution is -2.35. The Labute approximate surface area is 205 Å². The van der Waals surface area contributed by atoms with Gasteiger partial charge in [-0.05, 0) is 61.7 Å². The molecule has 0 unspecified atom stereocenters. The summed E-state index contributed by atoms with van der Waals surface area (Å²) in [5.74, 6) is 0.664. The van der Waals surface area contributed by atoms with Gasteiger partial charge in [0.1, 0.15) is 17.3 Å². The zero-order valence-corrected chi connectivity index (χ0v) is 20.5. The molecule has 1 atom stereocenters. The number of rotatable bonds is 8. The summed E-state index contributed by atoms with van der Waals surface area (Å²) in [4.78, 5) is 24.0. The fourth-order valence-electron chi connectivity index (χ4n) is 3.98. The number of nitrogens with one attached hydrogen (secondary N) is 1. The maximum atomic E-state index is 13.5. The molecule has 2 aromatic carbocycles. The Morgan fingerprint density at radius 2 is 2.00 bits per heavy atom. The number of halogens is 1. The third kappa shape index (κ3) is 5.26. The van der Waals surface area contributed by atoms with Crippen molar-refractivity contribution < 1.29 is 13.9 Å². The topological polar surface area (TPSA) is 71.7 Å². The van der Waals surface area contributed by atoms with Gasteiger partial charge in [-0.1, -0.05) is 31.5 Å². The van der Waals surface area contributed by atoms with E-state index in [1.54, 1.807) is 36.5 Å². The lowest BCUT2D eigenvalue weighted by Gasteiger charge is -2.24. The molecule has 4 rings (SSSR count). The molecule has 1 aliphatic heterocycles. The van der Waals surface area contributed by atoms with Crippen LogP contribution in [0.2, 0.25) is 0 Å². The lowest BCUT2D eigenvalue weighted by atomic mass is 10.1. The minimum Gasteiger partial charge on any atom is -0.495 e. The molecule has 0 radical (unpaired) electrons. The van der Waals surface area contributed by atoms with Crippen molar-refractivity contribution in [2.24, 2.45) is 4.99 Å². The number of amides is 1. The van der Waals surface area contributed by atoms with E-state index >= 15 is 0 Å². The van der Waals surface area contributed by atoms with Crippen molar-refractivity contribution in [3.63, 3.8) is 0 Å². The van der Waals surface area contributed by atoms with Gasteiger partial charge in [0.05, 0.1) is 30.9 Å². The van der Waals surface area contributed by atoms with Crippen molar-refractivity contribution in [3.8, 4) is 11.4 Å². The number of carbonyl (C=O) groups is 1. The second-order valence-electron chi connectivity index (χ2n) is 8.50. The summed E-state index contributed by atoms with van der Waals surface area (Å²) in [5.41, 5.74) is 3.82. The highest BCUT2D eigenvalue weighted by molar-refractivity contribution is 6.15. The Morgan fingerprint density at radius 3 is 2.66 bits per heavy atom. The third-order valence-corrected chi connectivity index (χ3v) is 5.94. The second-order valence-corrected chi connectivity index (χ2v) is 8.50. The van der Waals surface area contributed by atoms with Crippen molar-refractivity contribution in [1.29, 1.82) is 0 Å². The van der Waals surface area contributed by atoms with E-state index < -0.39 is 0 Å². The number of aromatic nitrogens is 2. The molecule has 1 saturated heterocycles. The number of nitrogens with zero attached hydrogens (tertiary/aromatic N) is 4. The number of imidazole rings is 1. The summed E-state index contributed by atoms with van der Waals surface area (Å²) in [6.45, 7) is 6.55. The summed E-state index contributed by atoms with van der Waals surface area (Å²) >= 11 is 0. The molecule has 2 heterocycles. The van der Waals surface area contributed by atoms with Crippen LogP contribution in [0.4, 0.5) is 4.39 Å². The second kappa shape index (κ2) is 10.5. The van der Waals surface area contributed by atoms with Crippen LogP contribution in [-0.2, 0) is 4.79 Å². The molecule has 182 valence electrons. The predicted molar refractivity (Wildman–Crippen MR) is 135 cm³/mol. The number of benzene rings is 2. The van der Waals surface area contributed by atoms with E-state index in [1.165, 1.54) is 12.1 Å². The number of guanidine groups is 1. The highest BCUT2D eigenvalue weighted by Gasteiger charge is 2.36.